The number of hydrogen-bond acceptors (Lipinski definition) is 0. The van der Waals surface area contributed by atoms with Crippen LogP contribution in [0.15, 0.2) is 24.3 Å². The van der Waals surface area contributed by atoms with Crippen molar-refractivity contribution in [2.75, 3.05) is 0 Å². The molecule has 0 atom stereocenters. The lowest BCUT2D eigenvalue weighted by Gasteiger charge is -2.32. The van der Waals surface area contributed by atoms with Gasteiger partial charge in [0.05, 0.1) is 0 Å². The molecule has 0 amide bonds. The highest BCUT2D eigenvalue weighted by Crippen LogP contribution is 2.42. The summed E-state index contributed by atoms with van der Waals surface area (Å²) in [6, 6.07) is 1.80. The van der Waals surface area contributed by atoms with Crippen LogP contribution in [0.1, 0.15) is 120 Å². The number of hydrogen-bond donors (Lipinski definition) is 0. The van der Waals surface area contributed by atoms with E-state index in [2.05, 4.69) is 19.1 Å². The Morgan fingerprint density at radius 2 is 1.21 bits per heavy atom. The quantitative estimate of drug-likeness (QED) is 0.176. The van der Waals surface area contributed by atoms with Crippen molar-refractivity contribution in [1.82, 2.24) is 0 Å². The summed E-state index contributed by atoms with van der Waals surface area (Å²) in [5.41, 5.74) is -1.40. The Bertz CT molecular complexity index is 742. The lowest BCUT2D eigenvalue weighted by molar-refractivity contribution is -0.142. The van der Waals surface area contributed by atoms with Gasteiger partial charge in [0.15, 0.2) is 0 Å². The lowest BCUT2D eigenvalue weighted by Crippen LogP contribution is -2.18. The maximum Gasteiger partial charge on any atom is 0.422 e. The third-order valence-corrected chi connectivity index (χ3v) is 8.22. The van der Waals surface area contributed by atoms with E-state index < -0.39 is 23.4 Å². The molecule has 1 aromatic carbocycles. The molecule has 0 spiro atoms. The van der Waals surface area contributed by atoms with Crippen LogP contribution in [-0.4, -0.2) is 0 Å². The van der Waals surface area contributed by atoms with Gasteiger partial charge in [-0.15, -0.1) is 0 Å². The molecule has 0 unspecified atom stereocenters. The Balaban J connectivity index is 1.34. The first-order valence-electron chi connectivity index (χ1n) is 13.5. The number of rotatable bonds is 10. The summed E-state index contributed by atoms with van der Waals surface area (Å²) in [6.07, 6.45) is 17.4. The van der Waals surface area contributed by atoms with Crippen LogP contribution in [0.3, 0.4) is 0 Å². The molecule has 0 aromatic heterocycles. The Morgan fingerprint density at radius 3 is 1.71 bits per heavy atom. The third kappa shape index (κ3) is 8.09. The van der Waals surface area contributed by atoms with Crippen molar-refractivity contribution in [2.45, 2.75) is 115 Å². The van der Waals surface area contributed by atoms with E-state index >= 15 is 0 Å². The Kier molecular flexibility index (Phi) is 10.5. The fourth-order valence-corrected chi connectivity index (χ4v) is 6.09. The van der Waals surface area contributed by atoms with E-state index in [1.54, 1.807) is 0 Å². The van der Waals surface area contributed by atoms with E-state index in [1.807, 2.05) is 0 Å². The molecule has 3 rings (SSSR count). The first-order valence-corrected chi connectivity index (χ1v) is 13.5. The fraction of sp³-hybridized carbons (Fsp3) is 0.724. The lowest BCUT2D eigenvalue weighted by atomic mass is 9.74. The first-order chi connectivity index (χ1) is 16.3. The summed E-state index contributed by atoms with van der Waals surface area (Å²) < 4.78 is 66.4. The monoisotopic (exact) mass is 484 g/mol. The molecule has 0 N–H and O–H groups in total. The van der Waals surface area contributed by atoms with Gasteiger partial charge in [0.2, 0.25) is 0 Å². The van der Waals surface area contributed by atoms with Crippen molar-refractivity contribution < 1.29 is 22.0 Å². The minimum Gasteiger partial charge on any atom is -0.206 e. The number of unbranched alkanes of at least 4 members (excludes halogenated alkanes) is 2. The highest BCUT2D eigenvalue weighted by molar-refractivity contribution is 5.30. The smallest absolute Gasteiger partial charge is 0.206 e. The summed E-state index contributed by atoms with van der Waals surface area (Å²) in [5, 5.41) is 0. The highest BCUT2D eigenvalue weighted by atomic mass is 19.4. The largest absolute Gasteiger partial charge is 0.422 e. The molecule has 0 radical (unpaired) electrons. The summed E-state index contributed by atoms with van der Waals surface area (Å²) in [5.74, 6) is -0.670. The molecule has 5 heteroatoms. The van der Waals surface area contributed by atoms with Crippen LogP contribution in [-0.2, 0) is 6.18 Å². The molecule has 1 aromatic rings. The van der Waals surface area contributed by atoms with Crippen LogP contribution < -0.4 is 0 Å². The predicted octanol–water partition coefficient (Wildman–Crippen LogP) is 10.4. The summed E-state index contributed by atoms with van der Waals surface area (Å²) in [4.78, 5) is 0. The molecule has 2 aliphatic rings. The summed E-state index contributed by atoms with van der Waals surface area (Å²) >= 11 is 0. The van der Waals surface area contributed by atoms with E-state index in [-0.39, 0.29) is 5.92 Å². The van der Waals surface area contributed by atoms with Crippen molar-refractivity contribution in [1.29, 1.82) is 0 Å². The average molecular weight is 485 g/mol. The van der Waals surface area contributed by atoms with Crippen LogP contribution in [0.25, 0.3) is 0 Å². The molecular weight excluding hydrogens is 443 g/mol. The molecule has 34 heavy (non-hydrogen) atoms. The molecule has 2 fully saturated rings. The van der Waals surface area contributed by atoms with Crippen LogP contribution in [0.2, 0.25) is 0 Å². The fourth-order valence-electron chi connectivity index (χ4n) is 6.09. The van der Waals surface area contributed by atoms with E-state index in [0.717, 1.165) is 49.7 Å². The molecule has 0 saturated heterocycles. The number of halogens is 5. The highest BCUT2D eigenvalue weighted by Gasteiger charge is 2.38. The van der Waals surface area contributed by atoms with Gasteiger partial charge in [0.25, 0.3) is 0 Å². The van der Waals surface area contributed by atoms with E-state index in [1.165, 1.54) is 70.6 Å². The molecule has 0 bridgehead atoms. The van der Waals surface area contributed by atoms with Gasteiger partial charge in [-0.3, -0.25) is 0 Å². The van der Waals surface area contributed by atoms with Crippen LogP contribution >= 0.6 is 0 Å². The van der Waals surface area contributed by atoms with E-state index in [4.69, 9.17) is 0 Å². The van der Waals surface area contributed by atoms with Gasteiger partial charge in [-0.25, -0.2) is 8.78 Å². The van der Waals surface area contributed by atoms with Crippen molar-refractivity contribution in [3.05, 3.63) is 47.0 Å². The second-order valence-electron chi connectivity index (χ2n) is 10.7. The minimum atomic E-state index is -5.00. The summed E-state index contributed by atoms with van der Waals surface area (Å²) in [6.45, 7) is 2.21. The first kappa shape index (κ1) is 27.2. The number of benzene rings is 1. The van der Waals surface area contributed by atoms with E-state index in [0.29, 0.717) is 11.5 Å². The van der Waals surface area contributed by atoms with Crippen LogP contribution in [0, 0.1) is 29.4 Å². The van der Waals surface area contributed by atoms with Crippen LogP contribution in [0.4, 0.5) is 22.0 Å². The zero-order valence-corrected chi connectivity index (χ0v) is 20.6. The van der Waals surface area contributed by atoms with Gasteiger partial charge >= 0.3 is 6.18 Å². The molecule has 0 nitrogen and oxygen atoms in total. The third-order valence-electron chi connectivity index (χ3n) is 8.22. The average Bonchev–Trinajstić information content (AvgIpc) is 2.79. The Hall–Kier alpha value is -1.39. The zero-order valence-electron chi connectivity index (χ0n) is 20.6. The number of alkyl halides is 3. The molecule has 192 valence electrons. The molecule has 2 saturated carbocycles. The Morgan fingerprint density at radius 1 is 0.735 bits per heavy atom. The van der Waals surface area contributed by atoms with Gasteiger partial charge in [0.1, 0.15) is 17.2 Å². The van der Waals surface area contributed by atoms with Crippen molar-refractivity contribution >= 4 is 0 Å². The molecule has 0 aliphatic heterocycles. The van der Waals surface area contributed by atoms with Gasteiger partial charge in [0, 0.05) is 0 Å². The SMILES string of the molecule is CCC/C=C/CCCC1CCC(CCC2CCC(c3cc(F)c(C(F)(F)F)c(F)c3)CC2)CC1. The molecule has 0 heterocycles. The number of allylic oxidation sites excluding steroid dienone is 2. The standard InChI is InChI=1S/C29H41F5/c1-2-3-4-5-6-7-8-21-9-11-22(12-10-21)13-14-23-15-17-24(18-16-23)25-19-26(30)28(27(31)20-25)29(32,33)34/h4-5,19-24H,2-3,6-18H2,1H3/b5-4+. The van der Waals surface area contributed by atoms with Crippen LogP contribution in [0.5, 0.6) is 0 Å². The van der Waals surface area contributed by atoms with Crippen molar-refractivity contribution in [3.8, 4) is 0 Å². The minimum absolute atomic E-state index is 0.0465. The normalized spacial score (nSPS) is 26.3. The van der Waals surface area contributed by atoms with Gasteiger partial charge in [-0.2, -0.15) is 13.2 Å². The second kappa shape index (κ2) is 13.1. The van der Waals surface area contributed by atoms with Crippen molar-refractivity contribution in [3.63, 3.8) is 0 Å². The summed E-state index contributed by atoms with van der Waals surface area (Å²) in [7, 11) is 0. The second-order valence-corrected chi connectivity index (χ2v) is 10.7. The van der Waals surface area contributed by atoms with Crippen molar-refractivity contribution in [2.24, 2.45) is 17.8 Å². The maximum atomic E-state index is 14.0. The zero-order chi connectivity index (χ0) is 24.6. The topological polar surface area (TPSA) is 0 Å². The maximum absolute atomic E-state index is 14.0. The Labute approximate surface area is 202 Å². The van der Waals surface area contributed by atoms with Gasteiger partial charge in [-0.05, 0) is 86.3 Å². The van der Waals surface area contributed by atoms with Gasteiger partial charge in [-0.1, -0.05) is 70.4 Å². The molecular formula is C29H41F5. The predicted molar refractivity (Wildman–Crippen MR) is 129 cm³/mol. The van der Waals surface area contributed by atoms with E-state index in [9.17, 15) is 22.0 Å². The van der Waals surface area contributed by atoms with Gasteiger partial charge < -0.3 is 0 Å². The molecule has 2 aliphatic carbocycles.